The van der Waals surface area contributed by atoms with Gasteiger partial charge in [0.2, 0.25) is 5.91 Å². The van der Waals surface area contributed by atoms with Gasteiger partial charge in [-0.1, -0.05) is 45.4 Å². The molecular weight excluding hydrogens is 222 g/mol. The first kappa shape index (κ1) is 13.1. The lowest BCUT2D eigenvalue weighted by atomic mass is 9.98. The number of nitrogens with zero attached hydrogens (tertiary/aromatic N) is 1. The molecule has 0 radical (unpaired) electrons. The van der Waals surface area contributed by atoms with Crippen LogP contribution in [-0.4, -0.2) is 12.5 Å². The molecule has 3 rings (SSSR count). The second kappa shape index (κ2) is 5.13. The summed E-state index contributed by atoms with van der Waals surface area (Å²) in [6, 6.07) is 8.31. The molecule has 0 unspecified atom stereocenters. The lowest BCUT2D eigenvalue weighted by Gasteiger charge is -2.17. The zero-order valence-electron chi connectivity index (χ0n) is 11.7. The number of benzene rings is 1. The number of para-hydroxylation sites is 1. The Kier molecular flexibility index (Phi) is 3.74. The van der Waals surface area contributed by atoms with Crippen LogP contribution in [0, 0.1) is 0 Å². The molecule has 1 heterocycles. The number of carbonyl (C=O) groups is 1. The summed E-state index contributed by atoms with van der Waals surface area (Å²) in [6.07, 6.45) is 4.33. The number of hydrogen-bond acceptors (Lipinski definition) is 1. The van der Waals surface area contributed by atoms with Crippen LogP contribution >= 0.6 is 0 Å². The van der Waals surface area contributed by atoms with Gasteiger partial charge in [0.15, 0.2) is 0 Å². The molecule has 1 fully saturated rings. The van der Waals surface area contributed by atoms with Gasteiger partial charge in [0.1, 0.15) is 0 Å². The summed E-state index contributed by atoms with van der Waals surface area (Å²) in [5.74, 6) is 0.349. The van der Waals surface area contributed by atoms with E-state index in [9.17, 15) is 4.79 Å². The SMILES string of the molecule is CC.CCCCN1C(=O)C2(CC2)c2ccccc21. The molecule has 1 spiro atoms. The van der Waals surface area contributed by atoms with E-state index in [1.54, 1.807) is 0 Å². The molecule has 1 aliphatic heterocycles. The van der Waals surface area contributed by atoms with E-state index in [-0.39, 0.29) is 5.41 Å². The third-order valence-electron chi connectivity index (χ3n) is 3.85. The normalized spacial score (nSPS) is 18.4. The van der Waals surface area contributed by atoms with Crippen molar-refractivity contribution in [3.05, 3.63) is 29.8 Å². The summed E-state index contributed by atoms with van der Waals surface area (Å²) >= 11 is 0. The zero-order valence-corrected chi connectivity index (χ0v) is 11.7. The highest BCUT2D eigenvalue weighted by molar-refractivity contribution is 6.10. The van der Waals surface area contributed by atoms with Crippen molar-refractivity contribution in [2.24, 2.45) is 0 Å². The van der Waals surface area contributed by atoms with Crippen molar-refractivity contribution in [2.45, 2.75) is 51.9 Å². The lowest BCUT2D eigenvalue weighted by Crippen LogP contribution is -2.32. The third-order valence-corrected chi connectivity index (χ3v) is 3.85. The van der Waals surface area contributed by atoms with Gasteiger partial charge in [-0.3, -0.25) is 4.79 Å². The van der Waals surface area contributed by atoms with Crippen molar-refractivity contribution in [3.8, 4) is 0 Å². The maximum absolute atomic E-state index is 12.4. The van der Waals surface area contributed by atoms with Crippen molar-refractivity contribution in [2.75, 3.05) is 11.4 Å². The zero-order chi connectivity index (χ0) is 13.2. The molecule has 0 N–H and O–H groups in total. The minimum absolute atomic E-state index is 0.107. The monoisotopic (exact) mass is 245 g/mol. The summed E-state index contributed by atoms with van der Waals surface area (Å²) in [6.45, 7) is 7.05. The summed E-state index contributed by atoms with van der Waals surface area (Å²) in [5.41, 5.74) is 2.33. The quantitative estimate of drug-likeness (QED) is 0.791. The van der Waals surface area contributed by atoms with Crippen LogP contribution in [0.1, 0.15) is 52.0 Å². The highest BCUT2D eigenvalue weighted by Gasteiger charge is 2.58. The maximum atomic E-state index is 12.4. The smallest absolute Gasteiger partial charge is 0.237 e. The second-order valence-corrected chi connectivity index (χ2v) is 4.91. The van der Waals surface area contributed by atoms with Crippen molar-refractivity contribution in [1.29, 1.82) is 0 Å². The maximum Gasteiger partial charge on any atom is 0.237 e. The van der Waals surface area contributed by atoms with Crippen LogP contribution in [0.15, 0.2) is 24.3 Å². The van der Waals surface area contributed by atoms with E-state index >= 15 is 0 Å². The Balaban J connectivity index is 0.000000574. The number of carbonyl (C=O) groups excluding carboxylic acids is 1. The molecule has 1 amide bonds. The van der Waals surface area contributed by atoms with E-state index in [0.29, 0.717) is 5.91 Å². The average Bonchev–Trinajstić information content (AvgIpc) is 3.19. The highest BCUT2D eigenvalue weighted by Crippen LogP contribution is 2.57. The Labute approximate surface area is 110 Å². The molecule has 1 aromatic rings. The highest BCUT2D eigenvalue weighted by atomic mass is 16.2. The third kappa shape index (κ3) is 1.84. The Bertz CT molecular complexity index is 434. The van der Waals surface area contributed by atoms with Crippen LogP contribution in [0.3, 0.4) is 0 Å². The van der Waals surface area contributed by atoms with Crippen molar-refractivity contribution < 1.29 is 4.79 Å². The number of amides is 1. The molecule has 2 nitrogen and oxygen atoms in total. The van der Waals surface area contributed by atoms with Gasteiger partial charge < -0.3 is 4.90 Å². The number of unbranched alkanes of at least 4 members (excludes halogenated alkanes) is 1. The summed E-state index contributed by atoms with van der Waals surface area (Å²) < 4.78 is 0. The number of fused-ring (bicyclic) bond motifs is 2. The fourth-order valence-electron chi connectivity index (χ4n) is 2.74. The first-order chi connectivity index (χ1) is 8.79. The molecule has 98 valence electrons. The molecule has 2 aliphatic rings. The summed E-state index contributed by atoms with van der Waals surface area (Å²) in [5, 5.41) is 0. The first-order valence-corrected chi connectivity index (χ1v) is 7.21. The van der Waals surface area contributed by atoms with Crippen LogP contribution in [0.4, 0.5) is 5.69 Å². The standard InChI is InChI=1S/C14H17NO.C2H6/c1-2-3-10-15-12-7-5-4-6-11(12)14(8-9-14)13(15)16;1-2/h4-7H,2-3,8-10H2,1H3;1-2H3. The molecule has 0 saturated heterocycles. The molecule has 1 aromatic carbocycles. The van der Waals surface area contributed by atoms with Gasteiger partial charge in [-0.2, -0.15) is 0 Å². The van der Waals surface area contributed by atoms with Crippen molar-refractivity contribution >= 4 is 11.6 Å². The lowest BCUT2D eigenvalue weighted by molar-refractivity contribution is -0.120. The minimum atomic E-state index is -0.107. The van der Waals surface area contributed by atoms with Crippen LogP contribution in [0.5, 0.6) is 0 Å². The first-order valence-electron chi connectivity index (χ1n) is 7.21. The average molecular weight is 245 g/mol. The van der Waals surface area contributed by atoms with E-state index in [1.165, 1.54) is 11.3 Å². The van der Waals surface area contributed by atoms with Crippen molar-refractivity contribution in [1.82, 2.24) is 0 Å². The number of rotatable bonds is 3. The van der Waals surface area contributed by atoms with Crippen LogP contribution in [0.25, 0.3) is 0 Å². The van der Waals surface area contributed by atoms with E-state index < -0.39 is 0 Å². The predicted molar refractivity (Wildman–Crippen MR) is 76.0 cm³/mol. The van der Waals surface area contributed by atoms with Gasteiger partial charge in [-0.25, -0.2) is 0 Å². The Morgan fingerprint density at radius 3 is 2.50 bits per heavy atom. The largest absolute Gasteiger partial charge is 0.311 e. The summed E-state index contributed by atoms with van der Waals surface area (Å²) in [7, 11) is 0. The van der Waals surface area contributed by atoms with E-state index in [0.717, 1.165) is 32.2 Å². The molecule has 0 bridgehead atoms. The molecule has 18 heavy (non-hydrogen) atoms. The van der Waals surface area contributed by atoms with Crippen LogP contribution in [0.2, 0.25) is 0 Å². The Morgan fingerprint density at radius 1 is 1.22 bits per heavy atom. The van der Waals surface area contributed by atoms with E-state index in [1.807, 2.05) is 24.8 Å². The minimum Gasteiger partial charge on any atom is -0.311 e. The number of anilines is 1. The van der Waals surface area contributed by atoms with Gasteiger partial charge >= 0.3 is 0 Å². The van der Waals surface area contributed by atoms with Gasteiger partial charge in [-0.05, 0) is 30.9 Å². The number of hydrogen-bond donors (Lipinski definition) is 0. The van der Waals surface area contributed by atoms with Gasteiger partial charge in [0.05, 0.1) is 5.41 Å². The molecule has 0 aromatic heterocycles. The van der Waals surface area contributed by atoms with Crippen LogP contribution < -0.4 is 4.90 Å². The summed E-state index contributed by atoms with van der Waals surface area (Å²) in [4.78, 5) is 14.4. The van der Waals surface area contributed by atoms with E-state index in [2.05, 4.69) is 25.1 Å². The fraction of sp³-hybridized carbons (Fsp3) is 0.562. The molecule has 1 aliphatic carbocycles. The Morgan fingerprint density at radius 2 is 1.89 bits per heavy atom. The van der Waals surface area contributed by atoms with Crippen LogP contribution in [-0.2, 0) is 10.2 Å². The second-order valence-electron chi connectivity index (χ2n) is 4.91. The van der Waals surface area contributed by atoms with Gasteiger partial charge in [0, 0.05) is 12.2 Å². The van der Waals surface area contributed by atoms with Crippen molar-refractivity contribution in [3.63, 3.8) is 0 Å². The molecular formula is C16H23NO. The van der Waals surface area contributed by atoms with E-state index in [4.69, 9.17) is 0 Å². The van der Waals surface area contributed by atoms with Gasteiger partial charge in [0.25, 0.3) is 0 Å². The molecule has 0 atom stereocenters. The van der Waals surface area contributed by atoms with Gasteiger partial charge in [-0.15, -0.1) is 0 Å². The topological polar surface area (TPSA) is 20.3 Å². The Hall–Kier alpha value is -1.31. The molecule has 1 saturated carbocycles. The fourth-order valence-corrected chi connectivity index (χ4v) is 2.74. The predicted octanol–water partition coefficient (Wildman–Crippen LogP) is 3.89. The molecule has 2 heteroatoms.